The van der Waals surface area contributed by atoms with Gasteiger partial charge in [-0.15, -0.1) is 0 Å². The van der Waals surface area contributed by atoms with Gasteiger partial charge >= 0.3 is 0 Å². The van der Waals surface area contributed by atoms with Crippen molar-refractivity contribution in [1.29, 1.82) is 5.26 Å². The number of oxazole rings is 1. The van der Waals surface area contributed by atoms with Crippen LogP contribution in [-0.4, -0.2) is 34.2 Å². The molecule has 1 fully saturated rings. The van der Waals surface area contributed by atoms with E-state index in [9.17, 15) is 4.79 Å². The molecular weight excluding hydrogens is 332 g/mol. The van der Waals surface area contributed by atoms with Crippen LogP contribution in [-0.2, 0) is 4.79 Å². The number of H-pyrrole nitrogens is 1. The van der Waals surface area contributed by atoms with Gasteiger partial charge in [-0.1, -0.05) is 0 Å². The Bertz CT molecular complexity index is 991. The number of hydrogen-bond donors (Lipinski definition) is 2. The Morgan fingerprint density at radius 2 is 2.23 bits per heavy atom. The summed E-state index contributed by atoms with van der Waals surface area (Å²) in [6.45, 7) is 3.03. The largest absolute Gasteiger partial charge is 0.424 e. The normalized spacial score (nSPS) is 15.2. The molecule has 2 N–H and O–H groups in total. The van der Waals surface area contributed by atoms with Crippen LogP contribution in [0.1, 0.15) is 24.4 Å². The zero-order chi connectivity index (χ0) is 18.1. The Morgan fingerprint density at radius 1 is 1.42 bits per heavy atom. The molecule has 3 aromatic rings. The standard InChI is InChI=1S/C18H18N6O2/c1-11-21-16(9-19)18(26-11)24-6-4-12(5-7-24)17(25)22-14-2-3-15-13(8-14)10-20-23-15/h2-3,8,10,12H,4-7H2,1H3,(H,20,23)(H,22,25). The van der Waals surface area contributed by atoms with Gasteiger partial charge in [-0.2, -0.15) is 10.4 Å². The van der Waals surface area contributed by atoms with Gasteiger partial charge in [0.1, 0.15) is 6.07 Å². The van der Waals surface area contributed by atoms with Gasteiger partial charge in [0.2, 0.25) is 17.5 Å². The van der Waals surface area contributed by atoms with Gasteiger partial charge in [0.25, 0.3) is 0 Å². The molecule has 0 radical (unpaired) electrons. The van der Waals surface area contributed by atoms with Gasteiger partial charge in [-0.05, 0) is 31.0 Å². The zero-order valence-corrected chi connectivity index (χ0v) is 14.3. The number of benzene rings is 1. The second kappa shape index (κ2) is 6.52. The molecule has 0 bridgehead atoms. The van der Waals surface area contributed by atoms with Crippen molar-refractivity contribution in [2.45, 2.75) is 19.8 Å². The first-order chi connectivity index (χ1) is 12.6. The zero-order valence-electron chi connectivity index (χ0n) is 14.3. The lowest BCUT2D eigenvalue weighted by Gasteiger charge is -2.30. The summed E-state index contributed by atoms with van der Waals surface area (Å²) in [5.74, 6) is 0.933. The first-order valence-corrected chi connectivity index (χ1v) is 8.50. The van der Waals surface area contributed by atoms with Crippen LogP contribution in [0.4, 0.5) is 11.6 Å². The van der Waals surface area contributed by atoms with Gasteiger partial charge in [-0.3, -0.25) is 9.89 Å². The number of piperidine rings is 1. The molecule has 8 heteroatoms. The number of carbonyl (C=O) groups is 1. The summed E-state index contributed by atoms with van der Waals surface area (Å²) < 4.78 is 5.55. The molecule has 0 saturated carbocycles. The number of aromatic nitrogens is 3. The second-order valence-electron chi connectivity index (χ2n) is 6.42. The first-order valence-electron chi connectivity index (χ1n) is 8.50. The number of amides is 1. The van der Waals surface area contributed by atoms with Crippen LogP contribution in [0.15, 0.2) is 28.8 Å². The summed E-state index contributed by atoms with van der Waals surface area (Å²) in [7, 11) is 0. The molecular formula is C18H18N6O2. The summed E-state index contributed by atoms with van der Waals surface area (Å²) >= 11 is 0. The van der Waals surface area contributed by atoms with E-state index >= 15 is 0 Å². The third-order valence-electron chi connectivity index (χ3n) is 4.68. The fourth-order valence-electron chi connectivity index (χ4n) is 3.31. The molecule has 0 atom stereocenters. The van der Waals surface area contributed by atoms with Gasteiger partial charge < -0.3 is 14.6 Å². The highest BCUT2D eigenvalue weighted by atomic mass is 16.4. The molecule has 1 amide bonds. The van der Waals surface area contributed by atoms with Crippen LogP contribution in [0.5, 0.6) is 0 Å². The van der Waals surface area contributed by atoms with Crippen molar-refractivity contribution >= 4 is 28.4 Å². The Hall–Kier alpha value is -3.34. The quantitative estimate of drug-likeness (QED) is 0.751. The summed E-state index contributed by atoms with van der Waals surface area (Å²) in [6.07, 6.45) is 3.13. The molecule has 2 aromatic heterocycles. The monoisotopic (exact) mass is 350 g/mol. The molecule has 0 spiro atoms. The highest BCUT2D eigenvalue weighted by Gasteiger charge is 2.28. The number of nitrogens with zero attached hydrogens (tertiary/aromatic N) is 4. The molecule has 1 aliphatic rings. The van der Waals surface area contributed by atoms with Crippen LogP contribution in [0, 0.1) is 24.2 Å². The summed E-state index contributed by atoms with van der Waals surface area (Å²) in [5.41, 5.74) is 2.01. The Kier molecular flexibility index (Phi) is 4.05. The molecule has 0 aliphatic carbocycles. The Balaban J connectivity index is 1.39. The van der Waals surface area contributed by atoms with Crippen molar-refractivity contribution in [1.82, 2.24) is 15.2 Å². The lowest BCUT2D eigenvalue weighted by atomic mass is 9.95. The maximum Gasteiger partial charge on any atom is 0.234 e. The Morgan fingerprint density at radius 3 is 3.00 bits per heavy atom. The van der Waals surface area contributed by atoms with E-state index in [2.05, 4.69) is 26.6 Å². The molecule has 4 rings (SSSR count). The van der Waals surface area contributed by atoms with Gasteiger partial charge in [0.05, 0.1) is 11.7 Å². The molecule has 0 unspecified atom stereocenters. The number of rotatable bonds is 3. The lowest BCUT2D eigenvalue weighted by molar-refractivity contribution is -0.120. The second-order valence-corrected chi connectivity index (χ2v) is 6.42. The smallest absolute Gasteiger partial charge is 0.234 e. The van der Waals surface area contributed by atoms with Crippen LogP contribution >= 0.6 is 0 Å². The molecule has 132 valence electrons. The average Bonchev–Trinajstić information content (AvgIpc) is 3.27. The number of nitrogens with one attached hydrogen (secondary N) is 2. The number of aromatic amines is 1. The van der Waals surface area contributed by atoms with Crippen LogP contribution in [0.2, 0.25) is 0 Å². The molecule has 1 saturated heterocycles. The molecule has 3 heterocycles. The molecule has 26 heavy (non-hydrogen) atoms. The van der Waals surface area contributed by atoms with E-state index in [0.29, 0.717) is 43.4 Å². The van der Waals surface area contributed by atoms with Crippen molar-refractivity contribution in [3.8, 4) is 6.07 Å². The maximum absolute atomic E-state index is 12.6. The van der Waals surface area contributed by atoms with Gasteiger partial charge in [0.15, 0.2) is 5.89 Å². The number of carbonyl (C=O) groups excluding carboxylic acids is 1. The minimum Gasteiger partial charge on any atom is -0.424 e. The van der Waals surface area contributed by atoms with E-state index in [1.54, 1.807) is 13.1 Å². The van der Waals surface area contributed by atoms with Crippen LogP contribution in [0.3, 0.4) is 0 Å². The predicted molar refractivity (Wildman–Crippen MR) is 95.6 cm³/mol. The average molecular weight is 350 g/mol. The number of aryl methyl sites for hydroxylation is 1. The summed E-state index contributed by atoms with van der Waals surface area (Å²) in [6, 6.07) is 7.73. The van der Waals surface area contributed by atoms with E-state index in [4.69, 9.17) is 9.68 Å². The van der Waals surface area contributed by atoms with Gasteiger partial charge in [0, 0.05) is 37.0 Å². The SMILES string of the molecule is Cc1nc(C#N)c(N2CCC(C(=O)Nc3ccc4[nH]ncc4c3)CC2)o1. The highest BCUT2D eigenvalue weighted by molar-refractivity contribution is 5.95. The number of anilines is 2. The van der Waals surface area contributed by atoms with Gasteiger partial charge in [-0.25, -0.2) is 4.98 Å². The van der Waals surface area contributed by atoms with Crippen molar-refractivity contribution in [3.05, 3.63) is 36.0 Å². The third-order valence-corrected chi connectivity index (χ3v) is 4.68. The van der Waals surface area contributed by atoms with E-state index < -0.39 is 0 Å². The number of fused-ring (bicyclic) bond motifs is 1. The van der Waals surface area contributed by atoms with E-state index in [1.165, 1.54) is 0 Å². The highest BCUT2D eigenvalue weighted by Crippen LogP contribution is 2.28. The van der Waals surface area contributed by atoms with Crippen molar-refractivity contribution in [2.24, 2.45) is 5.92 Å². The summed E-state index contributed by atoms with van der Waals surface area (Å²) in [5, 5.41) is 20.0. The third kappa shape index (κ3) is 2.99. The van der Waals surface area contributed by atoms with E-state index in [0.717, 1.165) is 16.6 Å². The van der Waals surface area contributed by atoms with Crippen molar-refractivity contribution in [3.63, 3.8) is 0 Å². The maximum atomic E-state index is 12.6. The number of nitriles is 1. The van der Waals surface area contributed by atoms with Crippen molar-refractivity contribution < 1.29 is 9.21 Å². The van der Waals surface area contributed by atoms with E-state index in [1.807, 2.05) is 23.1 Å². The van der Waals surface area contributed by atoms with Crippen molar-refractivity contribution in [2.75, 3.05) is 23.3 Å². The lowest BCUT2D eigenvalue weighted by Crippen LogP contribution is -2.38. The topological polar surface area (TPSA) is 111 Å². The molecule has 1 aromatic carbocycles. The number of hydrogen-bond acceptors (Lipinski definition) is 6. The van der Waals surface area contributed by atoms with E-state index in [-0.39, 0.29) is 11.8 Å². The first kappa shape index (κ1) is 16.1. The summed E-state index contributed by atoms with van der Waals surface area (Å²) in [4.78, 5) is 18.6. The van der Waals surface area contributed by atoms with Crippen LogP contribution in [0.25, 0.3) is 10.9 Å². The predicted octanol–water partition coefficient (Wildman–Crippen LogP) is 2.59. The molecule has 8 nitrogen and oxygen atoms in total. The fraction of sp³-hybridized carbons (Fsp3) is 0.333. The Labute approximate surface area is 149 Å². The molecule has 1 aliphatic heterocycles. The minimum atomic E-state index is -0.0687. The minimum absolute atomic E-state index is 0.0155. The fourth-order valence-corrected chi connectivity index (χ4v) is 3.31. The van der Waals surface area contributed by atoms with Crippen LogP contribution < -0.4 is 10.2 Å².